The highest BCUT2D eigenvalue weighted by molar-refractivity contribution is 7.88. The third-order valence-corrected chi connectivity index (χ3v) is 5.89. The van der Waals surface area contributed by atoms with E-state index in [2.05, 4.69) is 15.0 Å². The Kier molecular flexibility index (Phi) is 7.28. The van der Waals surface area contributed by atoms with Crippen LogP contribution in [0.25, 0.3) is 11.1 Å². The molecule has 0 aliphatic rings. The maximum Gasteiger partial charge on any atom is 0.259 e. The normalized spacial score (nSPS) is 11.8. The fourth-order valence-corrected chi connectivity index (χ4v) is 3.93. The van der Waals surface area contributed by atoms with Crippen molar-refractivity contribution in [3.63, 3.8) is 0 Å². The number of rotatable bonds is 7. The molecule has 34 heavy (non-hydrogen) atoms. The second-order valence-electron chi connectivity index (χ2n) is 9.01. The number of aromatic amines is 1. The van der Waals surface area contributed by atoms with Crippen molar-refractivity contribution in [2.24, 2.45) is 0 Å². The number of amides is 1. The van der Waals surface area contributed by atoms with Gasteiger partial charge >= 0.3 is 0 Å². The molecule has 1 aromatic heterocycles. The summed E-state index contributed by atoms with van der Waals surface area (Å²) in [6, 6.07) is 13.8. The molecule has 0 aliphatic heterocycles. The number of sulfonamides is 1. The smallest absolute Gasteiger partial charge is 0.259 e. The highest BCUT2D eigenvalue weighted by Crippen LogP contribution is 2.37. The molecular formula is C25H29N3O5S. The number of pyridine rings is 1. The average Bonchev–Trinajstić information content (AvgIpc) is 2.77. The predicted molar refractivity (Wildman–Crippen MR) is 134 cm³/mol. The van der Waals surface area contributed by atoms with Crippen LogP contribution in [-0.4, -0.2) is 32.7 Å². The lowest BCUT2D eigenvalue weighted by Crippen LogP contribution is -2.21. The van der Waals surface area contributed by atoms with Crippen molar-refractivity contribution < 1.29 is 17.9 Å². The van der Waals surface area contributed by atoms with Crippen molar-refractivity contribution in [3.8, 4) is 16.9 Å². The highest BCUT2D eigenvalue weighted by Gasteiger charge is 2.26. The minimum Gasteiger partial charge on any atom is -0.496 e. The van der Waals surface area contributed by atoms with E-state index in [1.807, 2.05) is 26.8 Å². The van der Waals surface area contributed by atoms with E-state index >= 15 is 0 Å². The first-order valence-corrected chi connectivity index (χ1v) is 12.5. The first-order valence-electron chi connectivity index (χ1n) is 10.6. The molecule has 1 heterocycles. The Morgan fingerprint density at radius 3 is 2.32 bits per heavy atom. The quantitative estimate of drug-likeness (QED) is 0.474. The fourth-order valence-electron chi connectivity index (χ4n) is 3.50. The molecule has 3 aromatic rings. The highest BCUT2D eigenvalue weighted by atomic mass is 32.2. The van der Waals surface area contributed by atoms with Gasteiger partial charge in [0.15, 0.2) is 0 Å². The molecule has 0 saturated carbocycles. The predicted octanol–water partition coefficient (Wildman–Crippen LogP) is 3.65. The van der Waals surface area contributed by atoms with Gasteiger partial charge in [-0.05, 0) is 52.9 Å². The molecule has 0 saturated heterocycles. The monoisotopic (exact) mass is 483 g/mol. The number of carbonyl (C=O) groups is 1. The van der Waals surface area contributed by atoms with Gasteiger partial charge in [0.25, 0.3) is 11.5 Å². The number of ether oxygens (including phenoxy) is 1. The van der Waals surface area contributed by atoms with Crippen molar-refractivity contribution in [2.75, 3.05) is 18.7 Å². The Labute approximate surface area is 199 Å². The zero-order chi connectivity index (χ0) is 25.1. The summed E-state index contributed by atoms with van der Waals surface area (Å²) in [7, 11) is -1.79. The van der Waals surface area contributed by atoms with E-state index < -0.39 is 15.9 Å². The molecule has 0 unspecified atom stereocenters. The van der Waals surface area contributed by atoms with Gasteiger partial charge in [0.05, 0.1) is 18.9 Å². The van der Waals surface area contributed by atoms with Gasteiger partial charge in [0.2, 0.25) is 10.0 Å². The summed E-state index contributed by atoms with van der Waals surface area (Å²) in [6.07, 6.45) is 2.65. The molecule has 3 rings (SSSR count). The summed E-state index contributed by atoms with van der Waals surface area (Å²) in [4.78, 5) is 28.4. The Hall–Kier alpha value is -3.43. The largest absolute Gasteiger partial charge is 0.496 e. The van der Waals surface area contributed by atoms with Crippen LogP contribution in [0.2, 0.25) is 0 Å². The van der Waals surface area contributed by atoms with E-state index in [1.165, 1.54) is 7.11 Å². The number of benzene rings is 2. The number of nitrogens with one attached hydrogen (secondary N) is 3. The van der Waals surface area contributed by atoms with E-state index in [-0.39, 0.29) is 17.5 Å². The minimum absolute atomic E-state index is 0.156. The molecule has 9 heteroatoms. The van der Waals surface area contributed by atoms with E-state index in [1.54, 1.807) is 48.7 Å². The Morgan fingerprint density at radius 2 is 1.76 bits per heavy atom. The van der Waals surface area contributed by atoms with Crippen LogP contribution in [0.15, 0.2) is 59.5 Å². The number of anilines is 1. The van der Waals surface area contributed by atoms with Gasteiger partial charge < -0.3 is 15.0 Å². The van der Waals surface area contributed by atoms with Crippen LogP contribution in [0, 0.1) is 0 Å². The van der Waals surface area contributed by atoms with Crippen molar-refractivity contribution in [1.29, 1.82) is 0 Å². The lowest BCUT2D eigenvalue weighted by Gasteiger charge is -2.25. The van der Waals surface area contributed by atoms with Crippen molar-refractivity contribution in [3.05, 3.63) is 81.8 Å². The summed E-state index contributed by atoms with van der Waals surface area (Å²) in [5.74, 6) is 0.0497. The van der Waals surface area contributed by atoms with Crippen molar-refractivity contribution in [2.45, 2.75) is 32.7 Å². The van der Waals surface area contributed by atoms with Crippen molar-refractivity contribution >= 4 is 21.6 Å². The minimum atomic E-state index is -3.30. The van der Waals surface area contributed by atoms with Crippen LogP contribution in [-0.2, 0) is 22.0 Å². The van der Waals surface area contributed by atoms with Crippen LogP contribution >= 0.6 is 0 Å². The van der Waals surface area contributed by atoms with Crippen LogP contribution in [0.5, 0.6) is 5.75 Å². The molecular weight excluding hydrogens is 454 g/mol. The second-order valence-corrected chi connectivity index (χ2v) is 10.8. The van der Waals surface area contributed by atoms with E-state index in [9.17, 15) is 18.0 Å². The molecule has 2 aromatic carbocycles. The van der Waals surface area contributed by atoms with Gasteiger partial charge in [-0.25, -0.2) is 13.1 Å². The summed E-state index contributed by atoms with van der Waals surface area (Å²) in [5, 5.41) is 2.86. The zero-order valence-corrected chi connectivity index (χ0v) is 20.7. The van der Waals surface area contributed by atoms with Gasteiger partial charge in [0.1, 0.15) is 5.75 Å². The second kappa shape index (κ2) is 9.82. The SMILES string of the molecule is COc1c(C(=O)Nc2ccc(CNS(C)(=O)=O)cc2)cc(-c2ccc[nH]c2=O)cc1C(C)(C)C. The van der Waals surface area contributed by atoms with Gasteiger partial charge in [-0.2, -0.15) is 0 Å². The standard InChI is InChI=1S/C25H29N3O5S/c1-25(2,3)21-14-17(19-7-6-12-26-23(19)29)13-20(22(21)33-4)24(30)28-18-10-8-16(9-11-18)15-27-34(5,31)32/h6-14,27H,15H2,1-5H3,(H,26,29)(H,28,30). The number of carbonyl (C=O) groups excluding carboxylic acids is 1. The third-order valence-electron chi connectivity index (χ3n) is 5.23. The lowest BCUT2D eigenvalue weighted by atomic mass is 9.83. The lowest BCUT2D eigenvalue weighted by molar-refractivity contribution is 0.102. The molecule has 0 fully saturated rings. The summed E-state index contributed by atoms with van der Waals surface area (Å²) >= 11 is 0. The number of aromatic nitrogens is 1. The molecule has 8 nitrogen and oxygen atoms in total. The third kappa shape index (κ3) is 6.12. The fraction of sp³-hybridized carbons (Fsp3) is 0.280. The van der Waals surface area contributed by atoms with Crippen LogP contribution < -0.4 is 20.3 Å². The number of hydrogen-bond donors (Lipinski definition) is 3. The van der Waals surface area contributed by atoms with Gasteiger partial charge in [-0.3, -0.25) is 9.59 Å². The molecule has 1 amide bonds. The van der Waals surface area contributed by atoms with Gasteiger partial charge in [-0.1, -0.05) is 32.9 Å². The molecule has 0 radical (unpaired) electrons. The summed E-state index contributed by atoms with van der Waals surface area (Å²) in [5.41, 5.74) is 2.84. The average molecular weight is 484 g/mol. The Morgan fingerprint density at radius 1 is 1.09 bits per heavy atom. The van der Waals surface area contributed by atoms with Crippen LogP contribution in [0.3, 0.4) is 0 Å². The summed E-state index contributed by atoms with van der Waals surface area (Å²) in [6.45, 7) is 6.18. The summed E-state index contributed by atoms with van der Waals surface area (Å²) < 4.78 is 30.6. The van der Waals surface area contributed by atoms with E-state index in [0.29, 0.717) is 28.1 Å². The van der Waals surface area contributed by atoms with Crippen LogP contribution in [0.4, 0.5) is 5.69 Å². The maximum absolute atomic E-state index is 13.3. The Bertz CT molecular complexity index is 1350. The molecule has 0 spiro atoms. The number of H-pyrrole nitrogens is 1. The zero-order valence-electron chi connectivity index (χ0n) is 19.9. The topological polar surface area (TPSA) is 117 Å². The molecule has 0 bridgehead atoms. The molecule has 0 atom stereocenters. The number of hydrogen-bond acceptors (Lipinski definition) is 5. The molecule has 3 N–H and O–H groups in total. The van der Waals surface area contributed by atoms with Gasteiger partial charge in [0, 0.05) is 29.6 Å². The molecule has 180 valence electrons. The molecule has 0 aliphatic carbocycles. The first kappa shape index (κ1) is 25.2. The Balaban J connectivity index is 1.99. The van der Waals surface area contributed by atoms with E-state index in [4.69, 9.17) is 4.74 Å². The van der Waals surface area contributed by atoms with E-state index in [0.717, 1.165) is 17.4 Å². The van der Waals surface area contributed by atoms with Gasteiger partial charge in [-0.15, -0.1) is 0 Å². The van der Waals surface area contributed by atoms with Crippen LogP contribution in [0.1, 0.15) is 42.3 Å². The number of methoxy groups -OCH3 is 1. The first-order chi connectivity index (χ1) is 15.9. The maximum atomic E-state index is 13.3. The van der Waals surface area contributed by atoms with Crippen molar-refractivity contribution in [1.82, 2.24) is 9.71 Å².